The fraction of sp³-hybridized carbons (Fsp3) is 0.550. The molecule has 1 aromatic heterocycles. The van der Waals surface area contributed by atoms with Crippen LogP contribution >= 0.6 is 23.1 Å². The minimum atomic E-state index is -0.509. The highest BCUT2D eigenvalue weighted by molar-refractivity contribution is 7.09. The minimum absolute atomic E-state index is 0.0281. The fourth-order valence-corrected chi connectivity index (χ4v) is 4.00. The molecule has 1 aliphatic heterocycles. The molecule has 2 heterocycles. The van der Waals surface area contributed by atoms with Crippen molar-refractivity contribution >= 4 is 34.2 Å². The summed E-state index contributed by atoms with van der Waals surface area (Å²) in [6.07, 6.45) is 0.779. The van der Waals surface area contributed by atoms with E-state index in [1.165, 1.54) is 22.0 Å². The van der Waals surface area contributed by atoms with Gasteiger partial charge in [-0.15, -0.1) is 11.6 Å². The normalized spacial score (nSPS) is 15.6. The summed E-state index contributed by atoms with van der Waals surface area (Å²) in [4.78, 5) is 20.6. The van der Waals surface area contributed by atoms with Gasteiger partial charge in [-0.2, -0.15) is 4.37 Å². The predicted molar refractivity (Wildman–Crippen MR) is 114 cm³/mol. The van der Waals surface area contributed by atoms with Crippen molar-refractivity contribution in [2.24, 2.45) is 5.41 Å². The van der Waals surface area contributed by atoms with Crippen LogP contribution in [0.3, 0.4) is 0 Å². The first-order valence-corrected chi connectivity index (χ1v) is 11.1. The van der Waals surface area contributed by atoms with Crippen molar-refractivity contribution in [2.75, 3.05) is 50.0 Å². The maximum Gasteiger partial charge on any atom is 0.227 e. The lowest BCUT2D eigenvalue weighted by Gasteiger charge is -2.32. The summed E-state index contributed by atoms with van der Waals surface area (Å²) in [5.74, 6) is 1.25. The van der Waals surface area contributed by atoms with E-state index in [4.69, 9.17) is 16.6 Å². The molecule has 1 aromatic carbocycles. The van der Waals surface area contributed by atoms with E-state index in [-0.39, 0.29) is 5.91 Å². The van der Waals surface area contributed by atoms with Gasteiger partial charge in [0.15, 0.2) is 0 Å². The van der Waals surface area contributed by atoms with E-state index < -0.39 is 5.41 Å². The van der Waals surface area contributed by atoms with Crippen molar-refractivity contribution in [2.45, 2.75) is 20.3 Å². The summed E-state index contributed by atoms with van der Waals surface area (Å²) in [7, 11) is 0. The van der Waals surface area contributed by atoms with Crippen LogP contribution in [-0.4, -0.2) is 60.4 Å². The lowest BCUT2D eigenvalue weighted by Crippen LogP contribution is -3.15. The summed E-state index contributed by atoms with van der Waals surface area (Å²) < 4.78 is 4.53. The summed E-state index contributed by atoms with van der Waals surface area (Å²) >= 11 is 7.34. The third-order valence-electron chi connectivity index (χ3n) is 5.12. The summed E-state index contributed by atoms with van der Waals surface area (Å²) in [5, 5.41) is 4.03. The summed E-state index contributed by atoms with van der Waals surface area (Å²) in [5.41, 5.74) is 0.728. The molecule has 0 spiro atoms. The van der Waals surface area contributed by atoms with E-state index in [2.05, 4.69) is 26.7 Å². The number of nitrogens with zero attached hydrogens (tertiary/aromatic N) is 3. The fourth-order valence-electron chi connectivity index (χ4n) is 3.14. The second kappa shape index (κ2) is 9.67. The van der Waals surface area contributed by atoms with Gasteiger partial charge >= 0.3 is 0 Å². The number of piperazine rings is 1. The molecular weight excluding hydrogens is 394 g/mol. The van der Waals surface area contributed by atoms with Crippen molar-refractivity contribution in [3.63, 3.8) is 0 Å². The molecule has 8 heteroatoms. The lowest BCUT2D eigenvalue weighted by atomic mass is 9.95. The van der Waals surface area contributed by atoms with E-state index in [1.807, 2.05) is 32.0 Å². The molecule has 152 valence electrons. The van der Waals surface area contributed by atoms with Gasteiger partial charge in [0.05, 0.1) is 44.7 Å². The van der Waals surface area contributed by atoms with Gasteiger partial charge in [0.1, 0.15) is 5.82 Å². The van der Waals surface area contributed by atoms with Crippen LogP contribution < -0.4 is 15.1 Å². The highest BCUT2D eigenvalue weighted by atomic mass is 35.5. The number of hydrogen-bond acceptors (Lipinski definition) is 5. The maximum atomic E-state index is 12.1. The third kappa shape index (κ3) is 5.65. The monoisotopic (exact) mass is 422 g/mol. The Kier molecular flexibility index (Phi) is 7.26. The number of halogens is 1. The molecule has 0 atom stereocenters. The van der Waals surface area contributed by atoms with E-state index in [0.717, 1.165) is 50.1 Å². The molecule has 0 unspecified atom stereocenters. The van der Waals surface area contributed by atoms with Crippen LogP contribution in [0.1, 0.15) is 25.2 Å². The van der Waals surface area contributed by atoms with Crippen LogP contribution in [0.4, 0.5) is 5.13 Å². The van der Waals surface area contributed by atoms with Crippen molar-refractivity contribution in [1.29, 1.82) is 0 Å². The number of anilines is 1. The third-order valence-corrected chi connectivity index (χ3v) is 6.60. The number of carbonyl (C=O) groups excluding carboxylic acids is 1. The molecule has 1 aliphatic rings. The predicted octanol–water partition coefficient (Wildman–Crippen LogP) is 1.22. The highest BCUT2D eigenvalue weighted by Crippen LogP contribution is 2.19. The Hall–Kier alpha value is -1.70. The second-order valence-electron chi connectivity index (χ2n) is 7.92. The molecule has 1 saturated heterocycles. The van der Waals surface area contributed by atoms with Gasteiger partial charge in [-0.05, 0) is 19.4 Å². The molecule has 1 amide bonds. The molecule has 6 nitrogen and oxygen atoms in total. The molecule has 2 aromatic rings. The molecule has 0 bridgehead atoms. The number of rotatable bonds is 8. The zero-order chi connectivity index (χ0) is 20.0. The van der Waals surface area contributed by atoms with Gasteiger partial charge in [-0.3, -0.25) is 4.79 Å². The number of quaternary nitrogens is 1. The van der Waals surface area contributed by atoms with Gasteiger partial charge < -0.3 is 15.1 Å². The van der Waals surface area contributed by atoms with Crippen molar-refractivity contribution < 1.29 is 9.69 Å². The standard InChI is InChI=1S/C20H28ClN5OS/c1-20(2,15-21)18(27)22-8-9-25-10-12-26(13-11-25)19-23-17(24-28-19)14-16-6-4-3-5-7-16/h3-7H,8-15H2,1-2H3,(H,22,27)/p+1. The highest BCUT2D eigenvalue weighted by Gasteiger charge is 2.27. The largest absolute Gasteiger partial charge is 0.350 e. The quantitative estimate of drug-likeness (QED) is 0.628. The van der Waals surface area contributed by atoms with Gasteiger partial charge in [-0.25, -0.2) is 4.98 Å². The van der Waals surface area contributed by atoms with Crippen LogP contribution in [-0.2, 0) is 11.2 Å². The zero-order valence-corrected chi connectivity index (χ0v) is 18.2. The van der Waals surface area contributed by atoms with Crippen LogP contribution in [0.5, 0.6) is 0 Å². The summed E-state index contributed by atoms with van der Waals surface area (Å²) in [6.45, 7) is 9.39. The van der Waals surface area contributed by atoms with E-state index in [9.17, 15) is 4.79 Å². The van der Waals surface area contributed by atoms with Gasteiger partial charge in [0, 0.05) is 23.8 Å². The number of alkyl halides is 1. The van der Waals surface area contributed by atoms with Gasteiger partial charge in [-0.1, -0.05) is 30.3 Å². The average Bonchev–Trinajstić information content (AvgIpc) is 3.17. The molecular formula is C20H29ClN5OS+. The number of aromatic nitrogens is 2. The van der Waals surface area contributed by atoms with Crippen LogP contribution in [0.25, 0.3) is 0 Å². The lowest BCUT2D eigenvalue weighted by molar-refractivity contribution is -0.899. The number of hydrogen-bond donors (Lipinski definition) is 2. The Bertz CT molecular complexity index is 759. The second-order valence-corrected chi connectivity index (χ2v) is 8.91. The van der Waals surface area contributed by atoms with E-state index >= 15 is 0 Å². The summed E-state index contributed by atoms with van der Waals surface area (Å²) in [6, 6.07) is 10.3. The molecule has 0 saturated carbocycles. The number of amides is 1. The number of benzene rings is 1. The van der Waals surface area contributed by atoms with Gasteiger partial charge in [0.25, 0.3) is 0 Å². The molecule has 0 aliphatic carbocycles. The number of nitrogens with one attached hydrogen (secondary N) is 2. The minimum Gasteiger partial charge on any atom is -0.350 e. The van der Waals surface area contributed by atoms with E-state index in [1.54, 1.807) is 0 Å². The Morgan fingerprint density at radius 1 is 1.29 bits per heavy atom. The molecule has 1 fully saturated rings. The molecule has 0 radical (unpaired) electrons. The van der Waals surface area contributed by atoms with Crippen molar-refractivity contribution in [3.05, 3.63) is 41.7 Å². The maximum absolute atomic E-state index is 12.1. The smallest absolute Gasteiger partial charge is 0.227 e. The van der Waals surface area contributed by atoms with Crippen molar-refractivity contribution in [3.8, 4) is 0 Å². The van der Waals surface area contributed by atoms with Crippen LogP contribution in [0.15, 0.2) is 30.3 Å². The first-order valence-electron chi connectivity index (χ1n) is 9.77. The van der Waals surface area contributed by atoms with Crippen LogP contribution in [0.2, 0.25) is 0 Å². The van der Waals surface area contributed by atoms with Crippen molar-refractivity contribution in [1.82, 2.24) is 14.7 Å². The first kappa shape index (κ1) is 21.0. The first-order chi connectivity index (χ1) is 13.5. The zero-order valence-electron chi connectivity index (χ0n) is 16.6. The van der Waals surface area contributed by atoms with Gasteiger partial charge in [0.2, 0.25) is 11.0 Å². The molecule has 3 rings (SSSR count). The Morgan fingerprint density at radius 2 is 2.00 bits per heavy atom. The molecule has 2 N–H and O–H groups in total. The van der Waals surface area contributed by atoms with E-state index in [0.29, 0.717) is 12.4 Å². The Morgan fingerprint density at radius 3 is 2.68 bits per heavy atom. The average molecular weight is 423 g/mol. The number of carbonyl (C=O) groups is 1. The SMILES string of the molecule is CC(C)(CCl)C(=O)NCC[NH+]1CCN(c2nc(Cc3ccccc3)ns2)CC1. The Labute approximate surface area is 176 Å². The Balaban J connectivity index is 1.41. The molecule has 28 heavy (non-hydrogen) atoms. The van der Waals surface area contributed by atoms with Crippen LogP contribution in [0, 0.1) is 5.41 Å². The topological polar surface area (TPSA) is 62.6 Å².